The summed E-state index contributed by atoms with van der Waals surface area (Å²) < 4.78 is 7.97. The Morgan fingerprint density at radius 3 is 2.05 bits per heavy atom. The normalized spacial score (nSPS) is 18.0. The number of carbonyl (C=O) groups excluding carboxylic acids is 1. The first-order valence-corrected chi connectivity index (χ1v) is 12.3. The SMILES string of the molecule is CC(=O)[C@H](C)CCC(O[Si](C)(C)C(C)(C)C)[C@@H](C)/C=C(\C)I. The summed E-state index contributed by atoms with van der Waals surface area (Å²) in [5, 5.41) is 0.209. The number of rotatable bonds is 8. The lowest BCUT2D eigenvalue weighted by Gasteiger charge is -2.41. The standard InChI is InChI=1S/C18H35IO2Si/c1-13(16(4)20)10-11-17(14(2)12-15(3)19)21-22(8,9)18(5,6)7/h12-14,17H,10-11H2,1-9H3/b15-12+/t13-,14+,17?/m1/s1. The summed E-state index contributed by atoms with van der Waals surface area (Å²) in [5.74, 6) is 0.784. The summed E-state index contributed by atoms with van der Waals surface area (Å²) in [5.41, 5.74) is 0. The summed E-state index contributed by atoms with van der Waals surface area (Å²) in [4.78, 5) is 11.5. The number of allylic oxidation sites excluding steroid dienone is 1. The van der Waals surface area contributed by atoms with Gasteiger partial charge in [0.1, 0.15) is 5.78 Å². The van der Waals surface area contributed by atoms with Crippen LogP contribution in [-0.4, -0.2) is 20.2 Å². The first-order chi connectivity index (χ1) is 9.78. The van der Waals surface area contributed by atoms with E-state index >= 15 is 0 Å². The predicted octanol–water partition coefficient (Wildman–Crippen LogP) is 6.36. The Kier molecular flexibility index (Phi) is 9.10. The first-order valence-electron chi connectivity index (χ1n) is 8.30. The van der Waals surface area contributed by atoms with Crippen molar-refractivity contribution in [2.45, 2.75) is 85.5 Å². The summed E-state index contributed by atoms with van der Waals surface area (Å²) in [6.45, 7) is 19.5. The molecule has 0 bridgehead atoms. The van der Waals surface area contributed by atoms with E-state index in [0.717, 1.165) is 12.8 Å². The molecule has 0 rings (SSSR count). The van der Waals surface area contributed by atoms with Gasteiger partial charge in [0.05, 0.1) is 6.10 Å². The van der Waals surface area contributed by atoms with E-state index in [-0.39, 0.29) is 22.8 Å². The Balaban J connectivity index is 5.10. The molecule has 0 saturated heterocycles. The Morgan fingerprint density at radius 2 is 1.68 bits per heavy atom. The molecule has 0 amide bonds. The molecule has 3 atom stereocenters. The molecule has 0 aromatic carbocycles. The topological polar surface area (TPSA) is 26.3 Å². The number of hydrogen-bond donors (Lipinski definition) is 0. The second kappa shape index (κ2) is 8.97. The maximum Gasteiger partial charge on any atom is 0.192 e. The first kappa shape index (κ1) is 22.3. The third-order valence-corrected chi connectivity index (χ3v) is 9.77. The molecule has 0 aromatic rings. The lowest BCUT2D eigenvalue weighted by molar-refractivity contribution is -0.120. The number of carbonyl (C=O) groups is 1. The summed E-state index contributed by atoms with van der Waals surface area (Å²) >= 11 is 2.36. The zero-order valence-corrected chi connectivity index (χ0v) is 19.1. The van der Waals surface area contributed by atoms with Crippen molar-refractivity contribution in [1.29, 1.82) is 0 Å². The van der Waals surface area contributed by atoms with Crippen LogP contribution in [-0.2, 0) is 9.22 Å². The van der Waals surface area contributed by atoms with Crippen molar-refractivity contribution in [2.24, 2.45) is 11.8 Å². The molecule has 0 aliphatic rings. The van der Waals surface area contributed by atoms with Gasteiger partial charge in [0, 0.05) is 5.92 Å². The van der Waals surface area contributed by atoms with E-state index in [9.17, 15) is 4.79 Å². The minimum absolute atomic E-state index is 0.127. The molecule has 0 radical (unpaired) electrons. The van der Waals surface area contributed by atoms with Crippen LogP contribution in [0.4, 0.5) is 0 Å². The number of ketones is 1. The fraction of sp³-hybridized carbons (Fsp3) is 0.833. The molecule has 0 aliphatic heterocycles. The maximum atomic E-state index is 11.5. The molecule has 0 fully saturated rings. The maximum absolute atomic E-state index is 11.5. The highest BCUT2D eigenvalue weighted by Gasteiger charge is 2.39. The van der Waals surface area contributed by atoms with Crippen LogP contribution in [0.3, 0.4) is 0 Å². The highest BCUT2D eigenvalue weighted by Crippen LogP contribution is 2.39. The second-order valence-corrected chi connectivity index (χ2v) is 14.6. The highest BCUT2D eigenvalue weighted by atomic mass is 127. The van der Waals surface area contributed by atoms with E-state index in [4.69, 9.17) is 4.43 Å². The number of hydrogen-bond acceptors (Lipinski definition) is 2. The Morgan fingerprint density at radius 1 is 1.18 bits per heavy atom. The van der Waals surface area contributed by atoms with Crippen molar-refractivity contribution in [3.05, 3.63) is 9.66 Å². The van der Waals surface area contributed by atoms with Gasteiger partial charge in [0.15, 0.2) is 8.32 Å². The van der Waals surface area contributed by atoms with Crippen LogP contribution < -0.4 is 0 Å². The van der Waals surface area contributed by atoms with Crippen LogP contribution in [0, 0.1) is 11.8 Å². The van der Waals surface area contributed by atoms with Crippen LogP contribution in [0.1, 0.15) is 61.3 Å². The van der Waals surface area contributed by atoms with Gasteiger partial charge in [-0.15, -0.1) is 0 Å². The molecular weight excluding hydrogens is 403 g/mol. The molecule has 0 aromatic heterocycles. The van der Waals surface area contributed by atoms with Crippen molar-refractivity contribution in [1.82, 2.24) is 0 Å². The third kappa shape index (κ3) is 7.73. The van der Waals surface area contributed by atoms with E-state index in [1.807, 2.05) is 6.92 Å². The molecule has 0 heterocycles. The fourth-order valence-electron chi connectivity index (χ4n) is 2.07. The third-order valence-electron chi connectivity index (χ3n) is 4.91. The largest absolute Gasteiger partial charge is 0.413 e. The molecule has 0 saturated carbocycles. The van der Waals surface area contributed by atoms with Crippen LogP contribution in [0.15, 0.2) is 9.66 Å². The van der Waals surface area contributed by atoms with Gasteiger partial charge in [-0.25, -0.2) is 0 Å². The summed E-state index contributed by atoms with van der Waals surface area (Å²) in [7, 11) is -1.80. The average molecular weight is 438 g/mol. The van der Waals surface area contributed by atoms with Crippen molar-refractivity contribution in [2.75, 3.05) is 0 Å². The Hall–Kier alpha value is 0.317. The van der Waals surface area contributed by atoms with Gasteiger partial charge in [-0.05, 0) is 76.9 Å². The Bertz CT molecular complexity index is 392. The van der Waals surface area contributed by atoms with Gasteiger partial charge in [-0.3, -0.25) is 4.79 Å². The molecule has 0 N–H and O–H groups in total. The zero-order valence-electron chi connectivity index (χ0n) is 15.9. The van der Waals surface area contributed by atoms with E-state index in [1.165, 1.54) is 3.58 Å². The molecule has 22 heavy (non-hydrogen) atoms. The van der Waals surface area contributed by atoms with E-state index in [0.29, 0.717) is 5.92 Å². The molecule has 0 spiro atoms. The minimum Gasteiger partial charge on any atom is -0.413 e. The van der Waals surface area contributed by atoms with Crippen LogP contribution in [0.2, 0.25) is 18.1 Å². The molecule has 130 valence electrons. The fourth-order valence-corrected chi connectivity index (χ4v) is 4.08. The molecule has 0 aliphatic carbocycles. The Labute approximate surface area is 152 Å². The van der Waals surface area contributed by atoms with Crippen LogP contribution in [0.25, 0.3) is 0 Å². The molecule has 1 unspecified atom stereocenters. The van der Waals surface area contributed by atoms with Gasteiger partial charge in [-0.2, -0.15) is 0 Å². The van der Waals surface area contributed by atoms with Gasteiger partial charge < -0.3 is 4.43 Å². The van der Waals surface area contributed by atoms with Gasteiger partial charge in [0.25, 0.3) is 0 Å². The lowest BCUT2D eigenvalue weighted by Crippen LogP contribution is -2.45. The van der Waals surface area contributed by atoms with Crippen LogP contribution >= 0.6 is 22.6 Å². The monoisotopic (exact) mass is 438 g/mol. The van der Waals surface area contributed by atoms with Crippen molar-refractivity contribution in [3.8, 4) is 0 Å². The smallest absolute Gasteiger partial charge is 0.192 e. The van der Waals surface area contributed by atoms with Crippen molar-refractivity contribution in [3.63, 3.8) is 0 Å². The van der Waals surface area contributed by atoms with Gasteiger partial charge in [-0.1, -0.05) is 40.7 Å². The van der Waals surface area contributed by atoms with Gasteiger partial charge >= 0.3 is 0 Å². The molecule has 2 nitrogen and oxygen atoms in total. The second-order valence-electron chi connectivity index (χ2n) is 8.12. The highest BCUT2D eigenvalue weighted by molar-refractivity contribution is 14.1. The van der Waals surface area contributed by atoms with E-state index < -0.39 is 8.32 Å². The molecular formula is C18H35IO2Si. The van der Waals surface area contributed by atoms with Crippen molar-refractivity contribution < 1.29 is 9.22 Å². The van der Waals surface area contributed by atoms with Crippen molar-refractivity contribution >= 4 is 36.7 Å². The number of Topliss-reactive ketones (excluding diaryl/α,β-unsaturated/α-hetero) is 1. The van der Waals surface area contributed by atoms with Gasteiger partial charge in [0.2, 0.25) is 0 Å². The molecule has 4 heteroatoms. The van der Waals surface area contributed by atoms with E-state index in [2.05, 4.69) is 76.4 Å². The minimum atomic E-state index is -1.80. The van der Waals surface area contributed by atoms with Crippen LogP contribution in [0.5, 0.6) is 0 Å². The number of halogens is 1. The lowest BCUT2D eigenvalue weighted by atomic mass is 9.94. The zero-order chi connectivity index (χ0) is 17.7. The predicted molar refractivity (Wildman–Crippen MR) is 108 cm³/mol. The quantitative estimate of drug-likeness (QED) is 0.326. The average Bonchev–Trinajstić information content (AvgIpc) is 2.31. The van der Waals surface area contributed by atoms with E-state index in [1.54, 1.807) is 6.92 Å². The summed E-state index contributed by atoms with van der Waals surface area (Å²) in [6.07, 6.45) is 4.35. The summed E-state index contributed by atoms with van der Waals surface area (Å²) in [6, 6.07) is 0.